The summed E-state index contributed by atoms with van der Waals surface area (Å²) in [4.78, 5) is 22.0. The normalized spacial score (nSPS) is 11.0. The molecule has 0 aliphatic heterocycles. The first kappa shape index (κ1) is 13.2. The Kier molecular flexibility index (Phi) is 3.89. The molecule has 0 radical (unpaired) electrons. The molecule has 1 aromatic carbocycles. The summed E-state index contributed by atoms with van der Waals surface area (Å²) in [6.45, 7) is 4.60. The van der Waals surface area contributed by atoms with Gasteiger partial charge in [0.1, 0.15) is 5.75 Å². The van der Waals surface area contributed by atoms with Gasteiger partial charge in [-0.05, 0) is 31.9 Å². The summed E-state index contributed by atoms with van der Waals surface area (Å²) in [6, 6.07) is 6.97. The Labute approximate surface area is 100 Å². The lowest BCUT2D eigenvalue weighted by Crippen LogP contribution is -2.26. The standard InChI is InChI=1S/C13H16O4/c1-9(14)17-11-7-5-4-6-10(11)8-13(2,3)12(15)16/h4-7H,8H2,1-3H3,(H,15,16). The predicted octanol–water partition coefficient (Wildman–Crippen LogP) is 2.27. The number of aliphatic carboxylic acids is 1. The fraction of sp³-hybridized carbons (Fsp3) is 0.385. The molecule has 0 aliphatic carbocycles. The van der Waals surface area contributed by atoms with Gasteiger partial charge in [0.25, 0.3) is 0 Å². The molecule has 0 heterocycles. The van der Waals surface area contributed by atoms with Gasteiger partial charge in [-0.1, -0.05) is 18.2 Å². The first-order chi connectivity index (χ1) is 7.83. The Balaban J connectivity index is 2.98. The molecule has 17 heavy (non-hydrogen) atoms. The van der Waals surface area contributed by atoms with Crippen molar-refractivity contribution in [3.05, 3.63) is 29.8 Å². The van der Waals surface area contributed by atoms with Gasteiger partial charge < -0.3 is 9.84 Å². The Hall–Kier alpha value is -1.84. The second-order valence-corrected chi connectivity index (χ2v) is 4.57. The van der Waals surface area contributed by atoms with E-state index in [2.05, 4.69) is 0 Å². The lowest BCUT2D eigenvalue weighted by molar-refractivity contribution is -0.146. The minimum Gasteiger partial charge on any atom is -0.481 e. The third-order valence-electron chi connectivity index (χ3n) is 2.44. The molecule has 0 bridgehead atoms. The summed E-state index contributed by atoms with van der Waals surface area (Å²) in [5.74, 6) is -0.866. The lowest BCUT2D eigenvalue weighted by Gasteiger charge is -2.20. The van der Waals surface area contributed by atoms with Crippen LogP contribution in [0.1, 0.15) is 26.3 Å². The lowest BCUT2D eigenvalue weighted by atomic mass is 9.85. The van der Waals surface area contributed by atoms with Gasteiger partial charge in [-0.25, -0.2) is 0 Å². The molecule has 0 aromatic heterocycles. The fourth-order valence-electron chi connectivity index (χ4n) is 1.46. The Morgan fingerprint density at radius 3 is 2.41 bits per heavy atom. The molecule has 0 amide bonds. The van der Waals surface area contributed by atoms with E-state index in [4.69, 9.17) is 9.84 Å². The molecule has 0 unspecified atom stereocenters. The van der Waals surface area contributed by atoms with Crippen LogP contribution in [0.5, 0.6) is 5.75 Å². The molecule has 1 aromatic rings. The van der Waals surface area contributed by atoms with Gasteiger partial charge in [-0.3, -0.25) is 9.59 Å². The minimum atomic E-state index is -0.893. The molecule has 92 valence electrons. The number of hydrogen-bond acceptors (Lipinski definition) is 3. The van der Waals surface area contributed by atoms with E-state index >= 15 is 0 Å². The van der Waals surface area contributed by atoms with E-state index in [-0.39, 0.29) is 0 Å². The van der Waals surface area contributed by atoms with E-state index < -0.39 is 17.4 Å². The van der Waals surface area contributed by atoms with Crippen LogP contribution in [0.3, 0.4) is 0 Å². The van der Waals surface area contributed by atoms with Gasteiger partial charge in [0.05, 0.1) is 5.41 Å². The molecule has 0 spiro atoms. The maximum absolute atomic E-state index is 11.1. The molecule has 4 heteroatoms. The van der Waals surface area contributed by atoms with Crippen molar-refractivity contribution in [2.24, 2.45) is 5.41 Å². The van der Waals surface area contributed by atoms with Crippen LogP contribution in [0.15, 0.2) is 24.3 Å². The van der Waals surface area contributed by atoms with Gasteiger partial charge in [0, 0.05) is 6.92 Å². The largest absolute Gasteiger partial charge is 0.481 e. The van der Waals surface area contributed by atoms with Crippen molar-refractivity contribution >= 4 is 11.9 Å². The maximum Gasteiger partial charge on any atom is 0.309 e. The number of hydrogen-bond donors (Lipinski definition) is 1. The number of rotatable bonds is 4. The topological polar surface area (TPSA) is 63.6 Å². The number of ether oxygens (including phenoxy) is 1. The van der Waals surface area contributed by atoms with Gasteiger partial charge in [-0.2, -0.15) is 0 Å². The van der Waals surface area contributed by atoms with E-state index in [1.54, 1.807) is 38.1 Å². The van der Waals surface area contributed by atoms with Crippen LogP contribution in [0.2, 0.25) is 0 Å². The van der Waals surface area contributed by atoms with Gasteiger partial charge in [0.15, 0.2) is 0 Å². The van der Waals surface area contributed by atoms with Crippen LogP contribution >= 0.6 is 0 Å². The van der Waals surface area contributed by atoms with Crippen LogP contribution < -0.4 is 4.74 Å². The van der Waals surface area contributed by atoms with Crippen LogP contribution in [0.25, 0.3) is 0 Å². The van der Waals surface area contributed by atoms with E-state index in [0.29, 0.717) is 12.2 Å². The summed E-state index contributed by atoms with van der Waals surface area (Å²) in [7, 11) is 0. The first-order valence-electron chi connectivity index (χ1n) is 5.32. The molecule has 0 atom stereocenters. The van der Waals surface area contributed by atoms with Crippen molar-refractivity contribution in [2.75, 3.05) is 0 Å². The average molecular weight is 236 g/mol. The number of benzene rings is 1. The summed E-state index contributed by atoms with van der Waals surface area (Å²) in [5, 5.41) is 9.07. The van der Waals surface area contributed by atoms with Crippen molar-refractivity contribution in [3.63, 3.8) is 0 Å². The number of carboxylic acids is 1. The molecule has 0 aliphatic rings. The van der Waals surface area contributed by atoms with Crippen molar-refractivity contribution in [3.8, 4) is 5.75 Å². The molecule has 1 N–H and O–H groups in total. The molecular formula is C13H16O4. The van der Waals surface area contributed by atoms with Gasteiger partial charge in [-0.15, -0.1) is 0 Å². The zero-order valence-corrected chi connectivity index (χ0v) is 10.2. The summed E-state index contributed by atoms with van der Waals surface area (Å²) < 4.78 is 5.04. The minimum absolute atomic E-state index is 0.311. The zero-order valence-electron chi connectivity index (χ0n) is 10.2. The zero-order chi connectivity index (χ0) is 13.1. The number of carbonyl (C=O) groups is 2. The maximum atomic E-state index is 11.1. The van der Waals surface area contributed by atoms with Crippen LogP contribution in [0.4, 0.5) is 0 Å². The summed E-state index contributed by atoms with van der Waals surface area (Å²) in [5.41, 5.74) is -0.175. The summed E-state index contributed by atoms with van der Waals surface area (Å²) >= 11 is 0. The van der Waals surface area contributed by atoms with Gasteiger partial charge in [0.2, 0.25) is 0 Å². The first-order valence-corrected chi connectivity index (χ1v) is 5.32. The molecule has 0 saturated carbocycles. The third-order valence-corrected chi connectivity index (χ3v) is 2.44. The second-order valence-electron chi connectivity index (χ2n) is 4.57. The number of esters is 1. The van der Waals surface area contributed by atoms with Crippen molar-refractivity contribution in [1.29, 1.82) is 0 Å². The molecule has 0 fully saturated rings. The quantitative estimate of drug-likeness (QED) is 0.643. The highest BCUT2D eigenvalue weighted by Crippen LogP contribution is 2.28. The van der Waals surface area contributed by atoms with Crippen molar-refractivity contribution in [2.45, 2.75) is 27.2 Å². The average Bonchev–Trinajstić information content (AvgIpc) is 2.19. The third kappa shape index (κ3) is 3.59. The predicted molar refractivity (Wildman–Crippen MR) is 62.9 cm³/mol. The molecular weight excluding hydrogens is 220 g/mol. The molecule has 4 nitrogen and oxygen atoms in total. The van der Waals surface area contributed by atoms with Gasteiger partial charge >= 0.3 is 11.9 Å². The van der Waals surface area contributed by atoms with E-state index in [1.165, 1.54) is 6.92 Å². The van der Waals surface area contributed by atoms with Crippen molar-refractivity contribution in [1.82, 2.24) is 0 Å². The van der Waals surface area contributed by atoms with E-state index in [0.717, 1.165) is 5.56 Å². The molecule has 0 saturated heterocycles. The Morgan fingerprint density at radius 1 is 1.29 bits per heavy atom. The van der Waals surface area contributed by atoms with E-state index in [1.807, 2.05) is 0 Å². The molecule has 1 rings (SSSR count). The highest BCUT2D eigenvalue weighted by atomic mass is 16.5. The van der Waals surface area contributed by atoms with Crippen LogP contribution in [0, 0.1) is 5.41 Å². The number of para-hydroxylation sites is 1. The van der Waals surface area contributed by atoms with Crippen molar-refractivity contribution < 1.29 is 19.4 Å². The second kappa shape index (κ2) is 4.99. The van der Waals surface area contributed by atoms with Crippen LogP contribution in [-0.4, -0.2) is 17.0 Å². The summed E-state index contributed by atoms with van der Waals surface area (Å²) in [6.07, 6.45) is 0.311. The number of carboxylic acid groups (broad SMARTS) is 1. The highest BCUT2D eigenvalue weighted by molar-refractivity contribution is 5.74. The number of carbonyl (C=O) groups excluding carboxylic acids is 1. The Bertz CT molecular complexity index is 435. The van der Waals surface area contributed by atoms with E-state index in [9.17, 15) is 9.59 Å². The highest BCUT2D eigenvalue weighted by Gasteiger charge is 2.28. The Morgan fingerprint density at radius 2 is 1.88 bits per heavy atom. The van der Waals surface area contributed by atoms with Crippen LogP contribution in [-0.2, 0) is 16.0 Å². The smallest absolute Gasteiger partial charge is 0.309 e. The monoisotopic (exact) mass is 236 g/mol. The fourth-order valence-corrected chi connectivity index (χ4v) is 1.46. The SMILES string of the molecule is CC(=O)Oc1ccccc1CC(C)(C)C(=O)O.